The Morgan fingerprint density at radius 1 is 1.36 bits per heavy atom. The van der Waals surface area contributed by atoms with Crippen LogP contribution < -0.4 is 10.6 Å². The molecule has 1 aromatic heterocycles. The number of nitrogens with zero attached hydrogens (tertiary/aromatic N) is 1. The van der Waals surface area contributed by atoms with Crippen LogP contribution in [0.5, 0.6) is 0 Å². The molecule has 0 saturated heterocycles. The first kappa shape index (κ1) is 15.7. The second kappa shape index (κ2) is 6.96. The van der Waals surface area contributed by atoms with Crippen molar-refractivity contribution in [1.82, 2.24) is 15.6 Å². The first-order chi connectivity index (χ1) is 10.7. The number of amides is 2. The van der Waals surface area contributed by atoms with E-state index < -0.39 is 0 Å². The van der Waals surface area contributed by atoms with Gasteiger partial charge in [-0.15, -0.1) is 11.3 Å². The van der Waals surface area contributed by atoms with E-state index in [1.807, 2.05) is 6.92 Å². The molecule has 0 unspecified atom stereocenters. The number of methoxy groups -OCH3 is 1. The molecule has 1 aromatic rings. The van der Waals surface area contributed by atoms with Gasteiger partial charge in [-0.1, -0.05) is 12.8 Å². The van der Waals surface area contributed by atoms with Crippen LogP contribution >= 0.6 is 11.3 Å². The normalized spacial score (nSPS) is 26.5. The van der Waals surface area contributed by atoms with Crippen LogP contribution in [0.1, 0.15) is 68.1 Å². The first-order valence-corrected chi connectivity index (χ1v) is 9.10. The summed E-state index contributed by atoms with van der Waals surface area (Å²) >= 11 is 1.71. The van der Waals surface area contributed by atoms with Crippen LogP contribution in [0.2, 0.25) is 0 Å². The largest absolute Gasteiger partial charge is 0.379 e. The molecule has 0 bridgehead atoms. The molecule has 2 aliphatic carbocycles. The van der Waals surface area contributed by atoms with Gasteiger partial charge in [0.05, 0.1) is 28.9 Å². The molecule has 0 aliphatic heterocycles. The van der Waals surface area contributed by atoms with Gasteiger partial charge in [-0.3, -0.25) is 0 Å². The van der Waals surface area contributed by atoms with E-state index in [-0.39, 0.29) is 24.2 Å². The van der Waals surface area contributed by atoms with Crippen LogP contribution in [0, 0.1) is 0 Å². The van der Waals surface area contributed by atoms with Gasteiger partial charge < -0.3 is 15.4 Å². The maximum atomic E-state index is 12.2. The average Bonchev–Trinajstić information content (AvgIpc) is 3.24. The molecule has 2 aliphatic rings. The first-order valence-electron chi connectivity index (χ1n) is 8.22. The Bertz CT molecular complexity index is 515. The summed E-state index contributed by atoms with van der Waals surface area (Å²) in [6.45, 7) is 1.99. The average molecular weight is 323 g/mol. The Kier molecular flexibility index (Phi) is 4.98. The fourth-order valence-corrected chi connectivity index (χ4v) is 4.13. The summed E-state index contributed by atoms with van der Waals surface area (Å²) in [6, 6.07) is -0.0702. The smallest absolute Gasteiger partial charge is 0.315 e. The molecule has 0 aromatic carbocycles. The van der Waals surface area contributed by atoms with Crippen LogP contribution in [0.15, 0.2) is 5.38 Å². The predicted octanol–water partition coefficient (Wildman–Crippen LogP) is 3.34. The van der Waals surface area contributed by atoms with Crippen LogP contribution in [-0.4, -0.2) is 30.3 Å². The van der Waals surface area contributed by atoms with Crippen molar-refractivity contribution >= 4 is 17.4 Å². The summed E-state index contributed by atoms with van der Waals surface area (Å²) in [4.78, 5) is 16.9. The van der Waals surface area contributed by atoms with E-state index in [1.54, 1.807) is 18.4 Å². The van der Waals surface area contributed by atoms with Crippen LogP contribution in [0.3, 0.4) is 0 Å². The van der Waals surface area contributed by atoms with Crippen molar-refractivity contribution in [3.8, 4) is 0 Å². The van der Waals surface area contributed by atoms with E-state index in [0.29, 0.717) is 5.92 Å². The van der Waals surface area contributed by atoms with Crippen molar-refractivity contribution in [3.05, 3.63) is 16.1 Å². The van der Waals surface area contributed by atoms with E-state index in [0.717, 1.165) is 25.0 Å². The number of rotatable bonds is 5. The minimum absolute atomic E-state index is 0.0617. The number of carbonyl (C=O) groups is 1. The highest BCUT2D eigenvalue weighted by Gasteiger charge is 2.28. The van der Waals surface area contributed by atoms with Gasteiger partial charge in [-0.05, 0) is 32.6 Å². The Morgan fingerprint density at radius 2 is 2.14 bits per heavy atom. The standard InChI is InChI=1S/C16H25N3O2S/c1-10(13-9-22-15(18-13)11-7-8-11)17-16(20)19-12-5-3-4-6-14(12)21-2/h9-12,14H,3-8H2,1-2H3,(H2,17,19,20)/t10-,12-,14+/m0/s1. The number of hydrogen-bond acceptors (Lipinski definition) is 4. The maximum absolute atomic E-state index is 12.2. The lowest BCUT2D eigenvalue weighted by Crippen LogP contribution is -2.50. The molecule has 2 fully saturated rings. The molecule has 22 heavy (non-hydrogen) atoms. The molecule has 1 heterocycles. The molecule has 122 valence electrons. The number of aromatic nitrogens is 1. The Morgan fingerprint density at radius 3 is 2.86 bits per heavy atom. The van der Waals surface area contributed by atoms with E-state index in [9.17, 15) is 4.79 Å². The molecular weight excluding hydrogens is 298 g/mol. The van der Waals surface area contributed by atoms with E-state index in [1.165, 1.54) is 24.3 Å². The third-order valence-electron chi connectivity index (χ3n) is 4.58. The molecule has 2 N–H and O–H groups in total. The number of urea groups is 1. The van der Waals surface area contributed by atoms with Gasteiger partial charge in [0.2, 0.25) is 0 Å². The number of carbonyl (C=O) groups excluding carboxylic acids is 1. The SMILES string of the molecule is CO[C@@H]1CCCC[C@@H]1NC(=O)N[C@@H](C)c1csc(C2CC2)n1. The summed E-state index contributed by atoms with van der Waals surface area (Å²) in [7, 11) is 1.72. The Balaban J connectivity index is 1.51. The molecule has 6 heteroatoms. The highest BCUT2D eigenvalue weighted by atomic mass is 32.1. The molecule has 3 rings (SSSR count). The minimum atomic E-state index is -0.123. The molecule has 3 atom stereocenters. The zero-order valence-corrected chi connectivity index (χ0v) is 14.1. The second-order valence-electron chi connectivity index (χ2n) is 6.39. The summed E-state index contributed by atoms with van der Waals surface area (Å²) < 4.78 is 5.48. The van der Waals surface area contributed by atoms with Gasteiger partial charge in [0.15, 0.2) is 0 Å². The summed E-state index contributed by atoms with van der Waals surface area (Å²) in [5.74, 6) is 0.671. The van der Waals surface area contributed by atoms with Crippen molar-refractivity contribution in [2.24, 2.45) is 0 Å². The van der Waals surface area contributed by atoms with Gasteiger partial charge in [-0.25, -0.2) is 9.78 Å². The minimum Gasteiger partial charge on any atom is -0.379 e. The van der Waals surface area contributed by atoms with E-state index in [4.69, 9.17) is 4.74 Å². The monoisotopic (exact) mass is 323 g/mol. The summed E-state index contributed by atoms with van der Waals surface area (Å²) in [5, 5.41) is 9.35. The number of thiazole rings is 1. The quantitative estimate of drug-likeness (QED) is 0.873. The lowest BCUT2D eigenvalue weighted by molar-refractivity contribution is 0.0451. The van der Waals surface area contributed by atoms with E-state index in [2.05, 4.69) is 21.0 Å². The van der Waals surface area contributed by atoms with Gasteiger partial charge in [0, 0.05) is 18.4 Å². The van der Waals surface area contributed by atoms with Gasteiger partial charge in [-0.2, -0.15) is 0 Å². The fourth-order valence-electron chi connectivity index (χ4n) is 3.04. The van der Waals surface area contributed by atoms with Crippen LogP contribution in [0.25, 0.3) is 0 Å². The van der Waals surface area contributed by atoms with Crippen molar-refractivity contribution in [1.29, 1.82) is 0 Å². The van der Waals surface area contributed by atoms with Gasteiger partial charge >= 0.3 is 6.03 Å². The van der Waals surface area contributed by atoms with E-state index >= 15 is 0 Å². The molecular formula is C16H25N3O2S. The topological polar surface area (TPSA) is 63.2 Å². The molecule has 0 spiro atoms. The molecule has 2 saturated carbocycles. The highest BCUT2D eigenvalue weighted by molar-refractivity contribution is 7.09. The van der Waals surface area contributed by atoms with Crippen molar-refractivity contribution in [2.45, 2.75) is 69.6 Å². The Labute approximate surface area is 135 Å². The Hall–Kier alpha value is -1.14. The predicted molar refractivity (Wildman–Crippen MR) is 87.2 cm³/mol. The maximum Gasteiger partial charge on any atom is 0.315 e. The zero-order chi connectivity index (χ0) is 15.5. The molecule has 0 radical (unpaired) electrons. The number of nitrogens with one attached hydrogen (secondary N) is 2. The molecule has 2 amide bonds. The van der Waals surface area contributed by atoms with Crippen LogP contribution in [0.4, 0.5) is 4.79 Å². The van der Waals surface area contributed by atoms with Gasteiger partial charge in [0.1, 0.15) is 0 Å². The third kappa shape index (κ3) is 3.79. The zero-order valence-electron chi connectivity index (χ0n) is 13.3. The summed E-state index contributed by atoms with van der Waals surface area (Å²) in [5.41, 5.74) is 0.967. The second-order valence-corrected chi connectivity index (χ2v) is 7.28. The number of ether oxygens (including phenoxy) is 1. The third-order valence-corrected chi connectivity index (χ3v) is 5.60. The van der Waals surface area contributed by atoms with Crippen molar-refractivity contribution < 1.29 is 9.53 Å². The van der Waals surface area contributed by atoms with Gasteiger partial charge in [0.25, 0.3) is 0 Å². The highest BCUT2D eigenvalue weighted by Crippen LogP contribution is 2.41. The van der Waals surface area contributed by atoms with Crippen LogP contribution in [-0.2, 0) is 4.74 Å². The van der Waals surface area contributed by atoms with Crippen molar-refractivity contribution in [2.75, 3.05) is 7.11 Å². The lowest BCUT2D eigenvalue weighted by atomic mass is 9.92. The lowest BCUT2D eigenvalue weighted by Gasteiger charge is -2.31. The number of hydrogen-bond donors (Lipinski definition) is 2. The summed E-state index contributed by atoms with van der Waals surface area (Å²) in [6.07, 6.45) is 6.99. The van der Waals surface area contributed by atoms with Crippen molar-refractivity contribution in [3.63, 3.8) is 0 Å². The fraction of sp³-hybridized carbons (Fsp3) is 0.750. The molecule has 5 nitrogen and oxygen atoms in total.